The summed E-state index contributed by atoms with van der Waals surface area (Å²) in [7, 11) is 0. The van der Waals surface area contributed by atoms with Gasteiger partial charge in [0.05, 0.1) is 0 Å². The van der Waals surface area contributed by atoms with Gasteiger partial charge in [-0.2, -0.15) is 0 Å². The molecule has 0 saturated carbocycles. The van der Waals surface area contributed by atoms with Crippen molar-refractivity contribution in [2.24, 2.45) is 5.73 Å². The third-order valence-corrected chi connectivity index (χ3v) is 2.65. The average molecular weight is 161 g/mol. The quantitative estimate of drug-likeness (QED) is 0.671. The van der Waals surface area contributed by atoms with Gasteiger partial charge in [0.1, 0.15) is 0 Å². The topological polar surface area (TPSA) is 26.0 Å². The first kappa shape index (κ1) is 7.81. The van der Waals surface area contributed by atoms with Crippen LogP contribution in [0, 0.1) is 0 Å². The molecule has 1 aromatic carbocycles. The van der Waals surface area contributed by atoms with E-state index in [2.05, 4.69) is 18.2 Å². The molecule has 1 aliphatic rings. The van der Waals surface area contributed by atoms with Gasteiger partial charge in [-0.05, 0) is 42.9 Å². The van der Waals surface area contributed by atoms with E-state index in [0.717, 1.165) is 0 Å². The molecule has 12 heavy (non-hydrogen) atoms. The minimum atomic E-state index is 0.177. The summed E-state index contributed by atoms with van der Waals surface area (Å²) in [5.41, 5.74) is 10.1. The fourth-order valence-corrected chi connectivity index (χ4v) is 1.87. The summed E-state index contributed by atoms with van der Waals surface area (Å²) in [4.78, 5) is 0. The summed E-state index contributed by atoms with van der Waals surface area (Å²) in [5, 5.41) is 0. The molecule has 1 heteroatoms. The first-order chi connectivity index (χ1) is 5.77. The van der Waals surface area contributed by atoms with E-state index in [9.17, 15) is 0 Å². The largest absolute Gasteiger partial charge is 0.324 e. The smallest absolute Gasteiger partial charge is 0.0266 e. The van der Waals surface area contributed by atoms with Crippen LogP contribution in [-0.4, -0.2) is 0 Å². The minimum absolute atomic E-state index is 0.177. The summed E-state index contributed by atoms with van der Waals surface area (Å²) >= 11 is 0. The Hall–Kier alpha value is -0.820. The Kier molecular flexibility index (Phi) is 1.89. The van der Waals surface area contributed by atoms with Crippen LogP contribution in [0.15, 0.2) is 18.2 Å². The molecular formula is C11H15N. The van der Waals surface area contributed by atoms with Gasteiger partial charge in [0.15, 0.2) is 0 Å². The van der Waals surface area contributed by atoms with Crippen molar-refractivity contribution in [2.75, 3.05) is 0 Å². The van der Waals surface area contributed by atoms with Gasteiger partial charge < -0.3 is 5.73 Å². The highest BCUT2D eigenvalue weighted by Gasteiger charge is 2.11. The van der Waals surface area contributed by atoms with Gasteiger partial charge in [-0.15, -0.1) is 0 Å². The van der Waals surface area contributed by atoms with Crippen molar-refractivity contribution in [3.63, 3.8) is 0 Å². The van der Waals surface area contributed by atoms with Crippen molar-refractivity contribution >= 4 is 0 Å². The predicted octanol–water partition coefficient (Wildman–Crippen LogP) is 2.20. The summed E-state index contributed by atoms with van der Waals surface area (Å²) in [6.07, 6.45) is 3.82. The van der Waals surface area contributed by atoms with Gasteiger partial charge in [-0.25, -0.2) is 0 Å². The molecule has 0 saturated heterocycles. The molecule has 1 atom stereocenters. The molecule has 1 aromatic rings. The third kappa shape index (κ3) is 1.25. The highest BCUT2D eigenvalue weighted by Crippen LogP contribution is 2.24. The van der Waals surface area contributed by atoms with E-state index in [1.807, 2.05) is 6.92 Å². The van der Waals surface area contributed by atoms with Crippen LogP contribution in [0.2, 0.25) is 0 Å². The molecule has 2 rings (SSSR count). The molecule has 1 unspecified atom stereocenters. The van der Waals surface area contributed by atoms with Gasteiger partial charge in [-0.1, -0.05) is 18.2 Å². The van der Waals surface area contributed by atoms with Crippen LogP contribution in [0.1, 0.15) is 36.1 Å². The van der Waals surface area contributed by atoms with Crippen LogP contribution in [-0.2, 0) is 12.8 Å². The number of fused-ring (bicyclic) bond motifs is 1. The van der Waals surface area contributed by atoms with E-state index in [-0.39, 0.29) is 6.04 Å². The molecule has 0 fully saturated rings. The second-order valence-corrected chi connectivity index (χ2v) is 3.67. The molecule has 0 heterocycles. The minimum Gasteiger partial charge on any atom is -0.324 e. The molecule has 0 spiro atoms. The Balaban J connectivity index is 2.39. The Labute approximate surface area is 73.6 Å². The summed E-state index contributed by atoms with van der Waals surface area (Å²) in [6, 6.07) is 6.85. The fourth-order valence-electron chi connectivity index (χ4n) is 1.87. The number of nitrogens with two attached hydrogens (primary N) is 1. The number of hydrogen-bond acceptors (Lipinski definition) is 1. The maximum absolute atomic E-state index is 5.81. The molecule has 0 radical (unpaired) electrons. The molecule has 0 bridgehead atoms. The maximum Gasteiger partial charge on any atom is 0.0266 e. The lowest BCUT2D eigenvalue weighted by atomic mass is 10.0. The zero-order valence-corrected chi connectivity index (χ0v) is 7.51. The van der Waals surface area contributed by atoms with Crippen molar-refractivity contribution in [1.82, 2.24) is 0 Å². The first-order valence-corrected chi connectivity index (χ1v) is 4.64. The monoisotopic (exact) mass is 161 g/mol. The molecule has 0 aromatic heterocycles. The van der Waals surface area contributed by atoms with Crippen molar-refractivity contribution in [3.8, 4) is 0 Å². The lowest BCUT2D eigenvalue weighted by Crippen LogP contribution is -2.05. The van der Waals surface area contributed by atoms with Gasteiger partial charge in [0.25, 0.3) is 0 Å². The molecular weight excluding hydrogens is 146 g/mol. The lowest BCUT2D eigenvalue weighted by molar-refractivity contribution is 0.815. The van der Waals surface area contributed by atoms with E-state index in [0.29, 0.717) is 0 Å². The van der Waals surface area contributed by atoms with Gasteiger partial charge in [0, 0.05) is 6.04 Å². The van der Waals surface area contributed by atoms with Crippen molar-refractivity contribution in [2.45, 2.75) is 32.2 Å². The molecule has 1 nitrogen and oxygen atoms in total. The molecule has 1 aliphatic carbocycles. The summed E-state index contributed by atoms with van der Waals surface area (Å²) < 4.78 is 0. The SMILES string of the molecule is CC(N)c1ccc2c(c1)CCC2. The van der Waals surface area contributed by atoms with Gasteiger partial charge >= 0.3 is 0 Å². The summed E-state index contributed by atoms with van der Waals surface area (Å²) in [6.45, 7) is 2.04. The second-order valence-electron chi connectivity index (χ2n) is 3.67. The Bertz CT molecular complexity index is 289. The van der Waals surface area contributed by atoms with Gasteiger partial charge in [0.2, 0.25) is 0 Å². The third-order valence-electron chi connectivity index (χ3n) is 2.65. The molecule has 2 N–H and O–H groups in total. The fraction of sp³-hybridized carbons (Fsp3) is 0.455. The molecule has 0 amide bonds. The van der Waals surface area contributed by atoms with Crippen LogP contribution in [0.25, 0.3) is 0 Å². The zero-order valence-electron chi connectivity index (χ0n) is 7.51. The van der Waals surface area contributed by atoms with Crippen molar-refractivity contribution < 1.29 is 0 Å². The average Bonchev–Trinajstić information content (AvgIpc) is 2.49. The lowest BCUT2D eigenvalue weighted by Gasteiger charge is -2.07. The number of aryl methyl sites for hydroxylation is 2. The van der Waals surface area contributed by atoms with E-state index < -0.39 is 0 Å². The zero-order chi connectivity index (χ0) is 8.55. The number of rotatable bonds is 1. The molecule has 0 aliphatic heterocycles. The number of benzene rings is 1. The Morgan fingerprint density at radius 3 is 2.75 bits per heavy atom. The van der Waals surface area contributed by atoms with Crippen molar-refractivity contribution in [1.29, 1.82) is 0 Å². The van der Waals surface area contributed by atoms with Crippen LogP contribution in [0.3, 0.4) is 0 Å². The van der Waals surface area contributed by atoms with E-state index in [4.69, 9.17) is 5.73 Å². The van der Waals surface area contributed by atoms with E-state index in [1.54, 1.807) is 0 Å². The van der Waals surface area contributed by atoms with Gasteiger partial charge in [-0.3, -0.25) is 0 Å². The molecule has 64 valence electrons. The van der Waals surface area contributed by atoms with Crippen LogP contribution >= 0.6 is 0 Å². The van der Waals surface area contributed by atoms with Crippen LogP contribution in [0.5, 0.6) is 0 Å². The first-order valence-electron chi connectivity index (χ1n) is 4.64. The standard InChI is InChI=1S/C11H15N/c1-8(12)10-6-5-9-3-2-4-11(9)7-10/h5-8H,2-4,12H2,1H3. The predicted molar refractivity (Wildman–Crippen MR) is 51.1 cm³/mol. The highest BCUT2D eigenvalue weighted by atomic mass is 14.6. The maximum atomic E-state index is 5.81. The van der Waals surface area contributed by atoms with Crippen LogP contribution in [0.4, 0.5) is 0 Å². The van der Waals surface area contributed by atoms with E-state index >= 15 is 0 Å². The van der Waals surface area contributed by atoms with Crippen molar-refractivity contribution in [3.05, 3.63) is 34.9 Å². The highest BCUT2D eigenvalue weighted by molar-refractivity contribution is 5.36. The Morgan fingerprint density at radius 1 is 1.25 bits per heavy atom. The summed E-state index contributed by atoms with van der Waals surface area (Å²) in [5.74, 6) is 0. The number of hydrogen-bond donors (Lipinski definition) is 1. The normalized spacial score (nSPS) is 17.5. The Morgan fingerprint density at radius 2 is 2.00 bits per heavy atom. The van der Waals surface area contributed by atoms with Crippen LogP contribution < -0.4 is 5.73 Å². The van der Waals surface area contributed by atoms with E-state index in [1.165, 1.54) is 36.0 Å². The second kappa shape index (κ2) is 2.91.